The van der Waals surface area contributed by atoms with Gasteiger partial charge < -0.3 is 9.84 Å². The number of benzene rings is 2. The first kappa shape index (κ1) is 43.3. The molecule has 2 heterocycles. The van der Waals surface area contributed by atoms with Crippen LogP contribution in [0.25, 0.3) is 0 Å². The van der Waals surface area contributed by atoms with Crippen LogP contribution in [-0.2, 0) is 40.9 Å². The summed E-state index contributed by atoms with van der Waals surface area (Å²) in [5.74, 6) is -4.38. The molecule has 0 aliphatic rings. The second-order valence-electron chi connectivity index (χ2n) is 13.3. The molecule has 0 unspecified atom stereocenters. The number of rotatable bonds is 8. The van der Waals surface area contributed by atoms with Gasteiger partial charge in [-0.25, -0.2) is 30.6 Å². The molecule has 0 aliphatic heterocycles. The number of alkyl halides is 3. The number of aromatic nitrogens is 2. The summed E-state index contributed by atoms with van der Waals surface area (Å²) in [4.78, 5) is 27.1. The second kappa shape index (κ2) is 15.3. The third-order valence-electron chi connectivity index (χ3n) is 7.65. The van der Waals surface area contributed by atoms with Crippen LogP contribution in [0.2, 0.25) is 10.0 Å². The first-order valence-electron chi connectivity index (χ1n) is 15.1. The minimum atomic E-state index is -4.61. The van der Waals surface area contributed by atoms with Crippen LogP contribution in [0.5, 0.6) is 0 Å². The third-order valence-corrected chi connectivity index (χ3v) is 13.0. The molecule has 20 heteroatoms. The number of nitrogens with one attached hydrogen (secondary N) is 2. The van der Waals surface area contributed by atoms with E-state index < -0.39 is 74.1 Å². The summed E-state index contributed by atoms with van der Waals surface area (Å²) >= 11 is 11.3. The van der Waals surface area contributed by atoms with E-state index >= 15 is 0 Å². The maximum absolute atomic E-state index is 14.1. The Morgan fingerprint density at radius 1 is 0.698 bits per heavy atom. The van der Waals surface area contributed by atoms with Crippen molar-refractivity contribution in [3.63, 3.8) is 0 Å². The summed E-state index contributed by atoms with van der Waals surface area (Å²) in [6, 6.07) is 9.13. The van der Waals surface area contributed by atoms with Gasteiger partial charge in [-0.2, -0.15) is 13.2 Å². The van der Waals surface area contributed by atoms with Crippen LogP contribution < -0.4 is 10.6 Å². The van der Waals surface area contributed by atoms with Crippen LogP contribution in [0.3, 0.4) is 0 Å². The molecular weight excluding hydrogens is 794 g/mol. The highest BCUT2D eigenvalue weighted by Crippen LogP contribution is 2.33. The van der Waals surface area contributed by atoms with Gasteiger partial charge in [-0.15, -0.1) is 0 Å². The Morgan fingerprint density at radius 2 is 1.15 bits per heavy atom. The fraction of sp³-hybridized carbons (Fsp3) is 0.333. The predicted molar refractivity (Wildman–Crippen MR) is 187 cm³/mol. The van der Waals surface area contributed by atoms with Crippen molar-refractivity contribution in [3.05, 3.63) is 93.7 Å². The van der Waals surface area contributed by atoms with Crippen molar-refractivity contribution in [1.29, 1.82) is 0 Å². The molecule has 288 valence electrons. The highest BCUT2D eigenvalue weighted by Gasteiger charge is 2.46. The van der Waals surface area contributed by atoms with E-state index in [1.54, 1.807) is 0 Å². The van der Waals surface area contributed by atoms with Crippen LogP contribution in [0, 0.1) is 11.6 Å². The molecule has 53 heavy (non-hydrogen) atoms. The Morgan fingerprint density at radius 3 is 1.51 bits per heavy atom. The molecule has 0 radical (unpaired) electrons. The SMILES string of the molecule is CC(C)(C(=O)Nc1ccc(C(F)(F)F)cn1)S(=O)(=O)c1ccc(Cl)cc1F.CC(C)(C)c1cc(NC(=O)C(C)(C)S(=O)(=O)c2ccc(Cl)cc2F)on1. The van der Waals surface area contributed by atoms with E-state index in [2.05, 4.69) is 20.8 Å². The minimum Gasteiger partial charge on any atom is -0.338 e. The number of sulfone groups is 2. The smallest absolute Gasteiger partial charge is 0.338 e. The van der Waals surface area contributed by atoms with Gasteiger partial charge in [-0.1, -0.05) is 49.1 Å². The molecule has 11 nitrogen and oxygen atoms in total. The molecule has 0 fully saturated rings. The minimum absolute atomic E-state index is 0.0137. The Labute approximate surface area is 312 Å². The number of hydrogen-bond donors (Lipinski definition) is 2. The highest BCUT2D eigenvalue weighted by molar-refractivity contribution is 7.94. The lowest BCUT2D eigenvalue weighted by atomic mass is 9.92. The molecular formula is C33H33Cl2F5N4O7S2. The van der Waals surface area contributed by atoms with Gasteiger partial charge in [-0.05, 0) is 76.2 Å². The quantitative estimate of drug-likeness (QED) is 0.167. The first-order chi connectivity index (χ1) is 24.0. The van der Waals surface area contributed by atoms with Gasteiger partial charge >= 0.3 is 6.18 Å². The molecule has 0 saturated heterocycles. The molecule has 0 atom stereocenters. The van der Waals surface area contributed by atoms with Crippen LogP contribution in [0.4, 0.5) is 33.7 Å². The zero-order valence-electron chi connectivity index (χ0n) is 29.0. The van der Waals surface area contributed by atoms with E-state index in [4.69, 9.17) is 27.7 Å². The van der Waals surface area contributed by atoms with Gasteiger partial charge in [0.05, 0.1) is 11.3 Å². The monoisotopic (exact) mass is 826 g/mol. The van der Waals surface area contributed by atoms with Crippen molar-refractivity contribution in [2.45, 2.75) is 79.3 Å². The second-order valence-corrected chi connectivity index (χ2v) is 19.1. The topological polar surface area (TPSA) is 165 Å². The largest absolute Gasteiger partial charge is 0.417 e. The number of carbonyl (C=O) groups is 2. The maximum atomic E-state index is 14.1. The number of pyridine rings is 1. The molecule has 2 aromatic carbocycles. The van der Waals surface area contributed by atoms with Gasteiger partial charge in [0.15, 0.2) is 19.7 Å². The van der Waals surface area contributed by atoms with E-state index in [1.807, 2.05) is 20.8 Å². The van der Waals surface area contributed by atoms with Crippen LogP contribution >= 0.6 is 23.2 Å². The molecule has 2 aromatic heterocycles. The standard InChI is InChI=1S/C17H20ClFN2O4S.C16H13ClF4N2O3S/c1-16(2,3)13-9-14(25-21-13)20-15(22)17(4,5)26(23,24)12-7-6-10(18)8-11(12)19;1-15(2,27(25,26)12-5-4-10(17)7-11(12)18)14(24)23-13-6-3-9(8-22-13)16(19,20)21/h6-9H,1-5H3,(H,20,22);3-8H,1-2H3,(H,22,23,24). The Balaban J connectivity index is 0.000000286. The fourth-order valence-electron chi connectivity index (χ4n) is 4.03. The molecule has 0 bridgehead atoms. The van der Waals surface area contributed by atoms with E-state index in [-0.39, 0.29) is 27.2 Å². The van der Waals surface area contributed by atoms with Crippen molar-refractivity contribution in [3.8, 4) is 0 Å². The molecule has 0 saturated carbocycles. The molecule has 0 spiro atoms. The summed E-state index contributed by atoms with van der Waals surface area (Å²) in [7, 11) is -8.82. The van der Waals surface area contributed by atoms with Gasteiger partial charge in [-0.3, -0.25) is 14.9 Å². The van der Waals surface area contributed by atoms with Gasteiger partial charge in [0, 0.05) is 27.7 Å². The van der Waals surface area contributed by atoms with Crippen LogP contribution in [0.1, 0.15) is 59.7 Å². The van der Waals surface area contributed by atoms with Gasteiger partial charge in [0.25, 0.3) is 0 Å². The number of hydrogen-bond acceptors (Lipinski definition) is 9. The molecule has 4 rings (SSSR count). The van der Waals surface area contributed by atoms with Crippen molar-refractivity contribution >= 4 is 66.4 Å². The van der Waals surface area contributed by atoms with E-state index in [9.17, 15) is 48.4 Å². The number of amides is 2. The van der Waals surface area contributed by atoms with E-state index in [0.29, 0.717) is 18.0 Å². The van der Waals surface area contributed by atoms with E-state index in [0.717, 1.165) is 50.2 Å². The molecule has 2 amide bonds. The van der Waals surface area contributed by atoms with Gasteiger partial charge in [0.2, 0.25) is 17.7 Å². The Hall–Kier alpha value is -4.13. The number of carbonyl (C=O) groups excluding carboxylic acids is 2. The summed E-state index contributed by atoms with van der Waals surface area (Å²) < 4.78 is 118. The number of halogens is 7. The third kappa shape index (κ3) is 9.52. The summed E-state index contributed by atoms with van der Waals surface area (Å²) in [5.41, 5.74) is -0.742. The zero-order chi connectivity index (χ0) is 40.5. The lowest BCUT2D eigenvalue weighted by Crippen LogP contribution is -2.44. The first-order valence-corrected chi connectivity index (χ1v) is 18.8. The van der Waals surface area contributed by atoms with Crippen molar-refractivity contribution in [2.24, 2.45) is 0 Å². The average molecular weight is 828 g/mol. The van der Waals surface area contributed by atoms with Crippen LogP contribution in [-0.4, -0.2) is 48.3 Å². The number of nitrogens with zero attached hydrogens (tertiary/aromatic N) is 2. The number of anilines is 2. The van der Waals surface area contributed by atoms with Crippen molar-refractivity contribution in [2.75, 3.05) is 10.6 Å². The van der Waals surface area contributed by atoms with E-state index in [1.165, 1.54) is 26.0 Å². The lowest BCUT2D eigenvalue weighted by Gasteiger charge is -2.24. The molecule has 2 N–H and O–H groups in total. The Kier molecular flexibility index (Phi) is 12.5. The maximum Gasteiger partial charge on any atom is 0.417 e. The predicted octanol–water partition coefficient (Wildman–Crippen LogP) is 8.04. The average Bonchev–Trinajstić information content (AvgIpc) is 3.50. The lowest BCUT2D eigenvalue weighted by molar-refractivity contribution is -0.137. The molecule has 4 aromatic rings. The molecule has 0 aliphatic carbocycles. The highest BCUT2D eigenvalue weighted by atomic mass is 35.5. The Bertz CT molecular complexity index is 2240. The fourth-order valence-corrected chi connectivity index (χ4v) is 7.17. The van der Waals surface area contributed by atoms with Crippen molar-refractivity contribution in [1.82, 2.24) is 10.1 Å². The summed E-state index contributed by atoms with van der Waals surface area (Å²) in [5, 5.41) is 8.39. The van der Waals surface area contributed by atoms with Crippen LogP contribution in [0.15, 0.2) is 75.1 Å². The zero-order valence-corrected chi connectivity index (χ0v) is 32.1. The van der Waals surface area contributed by atoms with Crippen molar-refractivity contribution < 1.29 is 52.9 Å². The van der Waals surface area contributed by atoms with Gasteiger partial charge in [0.1, 0.15) is 36.7 Å². The normalized spacial score (nSPS) is 12.8. The summed E-state index contributed by atoms with van der Waals surface area (Å²) in [6.07, 6.45) is -4.11. The summed E-state index contributed by atoms with van der Waals surface area (Å²) in [6.45, 7) is 10.2.